The molecule has 1 aromatic carbocycles. The predicted octanol–water partition coefficient (Wildman–Crippen LogP) is 1.91. The molecule has 1 atom stereocenters. The monoisotopic (exact) mass is 384 g/mol. The molecule has 2 heterocycles. The van der Waals surface area contributed by atoms with Crippen LogP contribution >= 0.6 is 0 Å². The van der Waals surface area contributed by atoms with Crippen LogP contribution in [0.1, 0.15) is 36.0 Å². The Labute approximate surface area is 168 Å². The maximum atomic E-state index is 12.9. The molecule has 0 unspecified atom stereocenters. The number of carbonyl (C=O) groups excluding carboxylic acids is 2. The van der Waals surface area contributed by atoms with Gasteiger partial charge in [-0.2, -0.15) is 0 Å². The lowest BCUT2D eigenvalue weighted by molar-refractivity contribution is -0.132. The molecule has 4 rings (SSSR count). The van der Waals surface area contributed by atoms with E-state index in [4.69, 9.17) is 0 Å². The average molecular weight is 385 g/mol. The highest BCUT2D eigenvalue weighted by Gasteiger charge is 2.38. The minimum Gasteiger partial charge on any atom is -0.378 e. The molecule has 152 valence electrons. The third kappa shape index (κ3) is 4.17. The summed E-state index contributed by atoms with van der Waals surface area (Å²) in [7, 11) is 3.99. The number of hydrogen-bond donors (Lipinski definition) is 0. The molecule has 2 amide bonds. The number of benzene rings is 1. The molecule has 3 fully saturated rings. The molecular formula is C22H32N4O2. The molecule has 1 saturated carbocycles. The van der Waals surface area contributed by atoms with Crippen LogP contribution < -0.4 is 4.90 Å². The SMILES string of the molecule is CN(C)c1ccc(C(=O)N2CCCN([C@@H]3CCN(CC4CC4)C3=O)CC2)cc1. The molecule has 0 bridgehead atoms. The summed E-state index contributed by atoms with van der Waals surface area (Å²) in [5.41, 5.74) is 1.83. The Morgan fingerprint density at radius 3 is 2.43 bits per heavy atom. The van der Waals surface area contributed by atoms with Crippen molar-refractivity contribution in [3.05, 3.63) is 29.8 Å². The van der Waals surface area contributed by atoms with Gasteiger partial charge < -0.3 is 14.7 Å². The van der Waals surface area contributed by atoms with E-state index >= 15 is 0 Å². The largest absolute Gasteiger partial charge is 0.378 e. The minimum atomic E-state index is 0.0215. The summed E-state index contributed by atoms with van der Waals surface area (Å²) in [4.78, 5) is 34.1. The predicted molar refractivity (Wildman–Crippen MR) is 111 cm³/mol. The molecular weight excluding hydrogens is 352 g/mol. The van der Waals surface area contributed by atoms with Crippen LogP contribution in [0, 0.1) is 5.92 Å². The van der Waals surface area contributed by atoms with Crippen molar-refractivity contribution in [3.63, 3.8) is 0 Å². The summed E-state index contributed by atoms with van der Waals surface area (Å²) in [6.07, 6.45) is 4.43. The highest BCUT2D eigenvalue weighted by Crippen LogP contribution is 2.31. The standard InChI is InChI=1S/C22H32N4O2/c1-23(2)19-8-6-18(7-9-19)21(27)25-12-3-11-24(14-15-25)20-10-13-26(22(20)28)16-17-4-5-17/h6-9,17,20H,3-5,10-16H2,1-2H3/t20-/m1/s1. The number of anilines is 1. The van der Waals surface area contributed by atoms with Crippen LogP contribution in [0.25, 0.3) is 0 Å². The Morgan fingerprint density at radius 1 is 1.00 bits per heavy atom. The zero-order chi connectivity index (χ0) is 19.7. The highest BCUT2D eigenvalue weighted by molar-refractivity contribution is 5.94. The smallest absolute Gasteiger partial charge is 0.253 e. The van der Waals surface area contributed by atoms with E-state index in [0.717, 1.165) is 62.7 Å². The summed E-state index contributed by atoms with van der Waals surface area (Å²) in [5, 5.41) is 0. The van der Waals surface area contributed by atoms with Gasteiger partial charge in [0.15, 0.2) is 0 Å². The van der Waals surface area contributed by atoms with Crippen LogP contribution in [0.4, 0.5) is 5.69 Å². The molecule has 0 radical (unpaired) electrons. The summed E-state index contributed by atoms with van der Waals surface area (Å²) < 4.78 is 0. The molecule has 3 aliphatic rings. The van der Waals surface area contributed by atoms with Gasteiger partial charge in [-0.3, -0.25) is 14.5 Å². The second-order valence-corrected chi connectivity index (χ2v) is 8.66. The van der Waals surface area contributed by atoms with E-state index in [0.29, 0.717) is 12.5 Å². The van der Waals surface area contributed by atoms with Crippen LogP contribution in [0.15, 0.2) is 24.3 Å². The van der Waals surface area contributed by atoms with Crippen LogP contribution in [-0.4, -0.2) is 85.9 Å². The highest BCUT2D eigenvalue weighted by atomic mass is 16.2. The fourth-order valence-electron chi connectivity index (χ4n) is 4.39. The van der Waals surface area contributed by atoms with E-state index in [2.05, 4.69) is 9.80 Å². The summed E-state index contributed by atoms with van der Waals surface area (Å²) in [5.74, 6) is 1.16. The quantitative estimate of drug-likeness (QED) is 0.778. The van der Waals surface area contributed by atoms with E-state index in [-0.39, 0.29) is 11.9 Å². The first-order chi connectivity index (χ1) is 13.5. The van der Waals surface area contributed by atoms with Crippen LogP contribution in [0.3, 0.4) is 0 Å². The lowest BCUT2D eigenvalue weighted by Crippen LogP contribution is -2.44. The second-order valence-electron chi connectivity index (χ2n) is 8.66. The molecule has 1 aromatic rings. The van der Waals surface area contributed by atoms with Gasteiger partial charge in [0.2, 0.25) is 5.91 Å². The third-order valence-electron chi connectivity index (χ3n) is 6.33. The third-order valence-corrected chi connectivity index (χ3v) is 6.33. The van der Waals surface area contributed by atoms with Crippen molar-refractivity contribution in [2.24, 2.45) is 5.92 Å². The Bertz CT molecular complexity index is 714. The Kier molecular flexibility index (Phi) is 5.58. The van der Waals surface area contributed by atoms with Crippen molar-refractivity contribution in [2.75, 3.05) is 58.3 Å². The summed E-state index contributed by atoms with van der Waals surface area (Å²) >= 11 is 0. The Hall–Kier alpha value is -2.08. The van der Waals surface area contributed by atoms with Crippen LogP contribution in [0.5, 0.6) is 0 Å². The Morgan fingerprint density at radius 2 is 1.75 bits per heavy atom. The molecule has 0 aromatic heterocycles. The first-order valence-corrected chi connectivity index (χ1v) is 10.6. The van der Waals surface area contributed by atoms with Gasteiger partial charge in [0.25, 0.3) is 5.91 Å². The lowest BCUT2D eigenvalue weighted by atomic mass is 10.1. The van der Waals surface area contributed by atoms with Crippen molar-refractivity contribution in [1.29, 1.82) is 0 Å². The topological polar surface area (TPSA) is 47.1 Å². The minimum absolute atomic E-state index is 0.0215. The van der Waals surface area contributed by atoms with Gasteiger partial charge >= 0.3 is 0 Å². The molecule has 6 nitrogen and oxygen atoms in total. The summed E-state index contributed by atoms with van der Waals surface area (Å²) in [6, 6.07) is 7.83. The van der Waals surface area contributed by atoms with Crippen molar-refractivity contribution in [1.82, 2.24) is 14.7 Å². The maximum absolute atomic E-state index is 12.9. The number of nitrogens with zero attached hydrogens (tertiary/aromatic N) is 4. The van der Waals surface area contributed by atoms with Crippen molar-refractivity contribution < 1.29 is 9.59 Å². The van der Waals surface area contributed by atoms with Crippen molar-refractivity contribution in [2.45, 2.75) is 31.7 Å². The average Bonchev–Trinajstić information content (AvgIpc) is 3.48. The van der Waals surface area contributed by atoms with Crippen molar-refractivity contribution in [3.8, 4) is 0 Å². The Balaban J connectivity index is 1.34. The molecule has 6 heteroatoms. The van der Waals surface area contributed by atoms with E-state index in [1.807, 2.05) is 48.2 Å². The number of carbonyl (C=O) groups is 2. The van der Waals surface area contributed by atoms with Crippen molar-refractivity contribution >= 4 is 17.5 Å². The van der Waals surface area contributed by atoms with Gasteiger partial charge in [-0.05, 0) is 55.9 Å². The number of likely N-dealkylation sites (tertiary alicyclic amines) is 1. The zero-order valence-corrected chi connectivity index (χ0v) is 17.1. The van der Waals surface area contributed by atoms with Gasteiger partial charge in [-0.1, -0.05) is 0 Å². The molecule has 0 spiro atoms. The van der Waals surface area contributed by atoms with Gasteiger partial charge in [0.05, 0.1) is 6.04 Å². The fraction of sp³-hybridized carbons (Fsp3) is 0.636. The summed E-state index contributed by atoms with van der Waals surface area (Å²) in [6.45, 7) is 5.00. The first-order valence-electron chi connectivity index (χ1n) is 10.6. The molecule has 1 aliphatic carbocycles. The second kappa shape index (κ2) is 8.11. The fourth-order valence-corrected chi connectivity index (χ4v) is 4.39. The normalized spacial score (nSPS) is 23.8. The number of hydrogen-bond acceptors (Lipinski definition) is 4. The van der Waals surface area contributed by atoms with Gasteiger partial charge in [-0.15, -0.1) is 0 Å². The van der Waals surface area contributed by atoms with E-state index < -0.39 is 0 Å². The van der Waals surface area contributed by atoms with E-state index in [9.17, 15) is 9.59 Å². The van der Waals surface area contributed by atoms with E-state index in [1.165, 1.54) is 12.8 Å². The zero-order valence-electron chi connectivity index (χ0n) is 17.1. The maximum Gasteiger partial charge on any atom is 0.253 e. The van der Waals surface area contributed by atoms with Gasteiger partial charge in [-0.25, -0.2) is 0 Å². The number of rotatable bonds is 5. The van der Waals surface area contributed by atoms with Crippen LogP contribution in [-0.2, 0) is 4.79 Å². The molecule has 0 N–H and O–H groups in total. The first kappa shape index (κ1) is 19.2. The van der Waals surface area contributed by atoms with Crippen LogP contribution in [0.2, 0.25) is 0 Å². The molecule has 28 heavy (non-hydrogen) atoms. The lowest BCUT2D eigenvalue weighted by Gasteiger charge is -2.26. The van der Waals surface area contributed by atoms with Gasteiger partial charge in [0, 0.05) is 64.6 Å². The number of amides is 2. The van der Waals surface area contributed by atoms with Gasteiger partial charge in [0.1, 0.15) is 0 Å². The molecule has 2 saturated heterocycles. The van der Waals surface area contributed by atoms with E-state index in [1.54, 1.807) is 0 Å². The molecule has 2 aliphatic heterocycles.